The molecule has 0 radical (unpaired) electrons. The molecule has 1 aromatic carbocycles. The predicted molar refractivity (Wildman–Crippen MR) is 75.8 cm³/mol. The fourth-order valence-electron chi connectivity index (χ4n) is 3.65. The molecule has 0 bridgehead atoms. The van der Waals surface area contributed by atoms with Crippen LogP contribution in [0.15, 0.2) is 24.3 Å². The Balaban J connectivity index is 1.83. The van der Waals surface area contributed by atoms with E-state index < -0.39 is 0 Å². The molecule has 2 heteroatoms. The van der Waals surface area contributed by atoms with E-state index in [1.165, 1.54) is 45.3 Å². The van der Waals surface area contributed by atoms with Crippen LogP contribution in [0.3, 0.4) is 0 Å². The van der Waals surface area contributed by atoms with Crippen LogP contribution >= 0.6 is 0 Å². The van der Waals surface area contributed by atoms with Gasteiger partial charge in [0, 0.05) is 18.6 Å². The van der Waals surface area contributed by atoms with Crippen LogP contribution in [0, 0.1) is 0 Å². The third-order valence-electron chi connectivity index (χ3n) is 4.49. The molecule has 0 spiro atoms. The highest BCUT2D eigenvalue weighted by molar-refractivity contribution is 5.34. The van der Waals surface area contributed by atoms with Gasteiger partial charge in [-0.15, -0.1) is 0 Å². The zero-order chi connectivity index (χ0) is 12.4. The molecule has 1 aliphatic carbocycles. The Bertz CT molecular complexity index is 396. The van der Waals surface area contributed by atoms with Crippen LogP contribution < -0.4 is 5.32 Å². The summed E-state index contributed by atoms with van der Waals surface area (Å²) >= 11 is 0. The minimum absolute atomic E-state index is 0.672. The smallest absolute Gasteiger partial charge is 0.0357 e. The second kappa shape index (κ2) is 5.41. The number of nitrogens with zero attached hydrogens (tertiary/aromatic N) is 1. The van der Waals surface area contributed by atoms with Crippen LogP contribution in [0.1, 0.15) is 43.4 Å². The molecule has 2 nitrogen and oxygen atoms in total. The molecule has 1 aliphatic heterocycles. The highest BCUT2D eigenvalue weighted by atomic mass is 15.2. The predicted octanol–water partition coefficient (Wildman–Crippen LogP) is 2.75. The molecule has 1 fully saturated rings. The Hall–Kier alpha value is -0.860. The third-order valence-corrected chi connectivity index (χ3v) is 4.49. The van der Waals surface area contributed by atoms with Gasteiger partial charge in [-0.3, -0.25) is 4.90 Å². The van der Waals surface area contributed by atoms with Gasteiger partial charge in [-0.1, -0.05) is 31.2 Å². The average Bonchev–Trinajstić information content (AvgIpc) is 3.06. The maximum Gasteiger partial charge on any atom is 0.0357 e. The lowest BCUT2D eigenvalue weighted by molar-refractivity contribution is 0.142. The van der Waals surface area contributed by atoms with Crippen LogP contribution in [-0.4, -0.2) is 30.6 Å². The van der Waals surface area contributed by atoms with Gasteiger partial charge in [0.2, 0.25) is 0 Å². The summed E-state index contributed by atoms with van der Waals surface area (Å²) < 4.78 is 0. The quantitative estimate of drug-likeness (QED) is 0.876. The van der Waals surface area contributed by atoms with E-state index in [1.807, 2.05) is 0 Å². The lowest BCUT2D eigenvalue weighted by Gasteiger charge is -2.34. The zero-order valence-corrected chi connectivity index (χ0v) is 11.4. The van der Waals surface area contributed by atoms with E-state index in [9.17, 15) is 0 Å². The van der Waals surface area contributed by atoms with Crippen molar-refractivity contribution in [3.05, 3.63) is 35.4 Å². The maximum absolute atomic E-state index is 3.52. The van der Waals surface area contributed by atoms with Crippen molar-refractivity contribution in [1.29, 1.82) is 0 Å². The third kappa shape index (κ3) is 2.19. The average molecular weight is 244 g/mol. The topological polar surface area (TPSA) is 15.3 Å². The molecule has 2 aliphatic rings. The Morgan fingerprint density at radius 2 is 2.17 bits per heavy atom. The first-order valence-corrected chi connectivity index (χ1v) is 7.44. The van der Waals surface area contributed by atoms with Crippen LogP contribution in [0.2, 0.25) is 0 Å². The molecule has 1 N–H and O–H groups in total. The Kier molecular flexibility index (Phi) is 3.67. The van der Waals surface area contributed by atoms with Crippen LogP contribution in [-0.2, 0) is 6.42 Å². The zero-order valence-electron chi connectivity index (χ0n) is 11.4. The molecule has 1 aromatic rings. The van der Waals surface area contributed by atoms with Gasteiger partial charge in [0.25, 0.3) is 0 Å². The van der Waals surface area contributed by atoms with Gasteiger partial charge >= 0.3 is 0 Å². The Morgan fingerprint density at radius 3 is 2.94 bits per heavy atom. The van der Waals surface area contributed by atoms with Gasteiger partial charge in [-0.05, 0) is 49.9 Å². The van der Waals surface area contributed by atoms with Crippen molar-refractivity contribution in [3.8, 4) is 0 Å². The minimum atomic E-state index is 0.672. The van der Waals surface area contributed by atoms with Gasteiger partial charge in [0.1, 0.15) is 0 Å². The standard InChI is InChI=1S/C16H24N2/c1-2-11-18(14-9-10-17-12-14)16-8-7-13-5-3-4-6-15(13)16/h3-6,14,16-17H,2,7-12H2,1H3. The number of fused-ring (bicyclic) bond motifs is 1. The van der Waals surface area contributed by atoms with Crippen LogP contribution in [0.4, 0.5) is 0 Å². The second-order valence-corrected chi connectivity index (χ2v) is 5.64. The molecular formula is C16H24N2. The fraction of sp³-hybridized carbons (Fsp3) is 0.625. The van der Waals surface area contributed by atoms with Gasteiger partial charge in [0.05, 0.1) is 0 Å². The first-order valence-electron chi connectivity index (χ1n) is 7.44. The lowest BCUT2D eigenvalue weighted by atomic mass is 10.0. The SMILES string of the molecule is CCCN(C1CCNC1)C1CCc2ccccc21. The summed E-state index contributed by atoms with van der Waals surface area (Å²) in [7, 11) is 0. The molecule has 1 saturated heterocycles. The normalized spacial score (nSPS) is 26.8. The molecule has 3 rings (SSSR count). The summed E-state index contributed by atoms with van der Waals surface area (Å²) in [6.07, 6.45) is 5.16. The van der Waals surface area contributed by atoms with Crippen molar-refractivity contribution in [2.75, 3.05) is 19.6 Å². The first-order chi connectivity index (χ1) is 8.90. The summed E-state index contributed by atoms with van der Waals surface area (Å²) in [6, 6.07) is 10.5. The van der Waals surface area contributed by atoms with Gasteiger partial charge in [-0.2, -0.15) is 0 Å². The number of rotatable bonds is 4. The summed E-state index contributed by atoms with van der Waals surface area (Å²) in [5.74, 6) is 0. The van der Waals surface area contributed by atoms with Crippen molar-refractivity contribution in [3.63, 3.8) is 0 Å². The van der Waals surface area contributed by atoms with E-state index in [2.05, 4.69) is 41.4 Å². The summed E-state index contributed by atoms with van der Waals surface area (Å²) in [4.78, 5) is 2.77. The van der Waals surface area contributed by atoms with Gasteiger partial charge < -0.3 is 5.32 Å². The highest BCUT2D eigenvalue weighted by Gasteiger charge is 2.32. The van der Waals surface area contributed by atoms with E-state index in [1.54, 1.807) is 11.1 Å². The molecule has 98 valence electrons. The molecule has 2 atom stereocenters. The van der Waals surface area contributed by atoms with E-state index in [-0.39, 0.29) is 0 Å². The van der Waals surface area contributed by atoms with Crippen LogP contribution in [0.5, 0.6) is 0 Å². The minimum Gasteiger partial charge on any atom is -0.315 e. The lowest BCUT2D eigenvalue weighted by Crippen LogP contribution is -2.39. The Morgan fingerprint density at radius 1 is 1.28 bits per heavy atom. The van der Waals surface area contributed by atoms with E-state index >= 15 is 0 Å². The monoisotopic (exact) mass is 244 g/mol. The van der Waals surface area contributed by atoms with Crippen molar-refractivity contribution in [1.82, 2.24) is 10.2 Å². The van der Waals surface area contributed by atoms with Gasteiger partial charge in [0.15, 0.2) is 0 Å². The van der Waals surface area contributed by atoms with E-state index in [4.69, 9.17) is 0 Å². The maximum atomic E-state index is 3.52. The van der Waals surface area contributed by atoms with Crippen molar-refractivity contribution in [2.45, 2.75) is 44.7 Å². The number of hydrogen-bond acceptors (Lipinski definition) is 2. The summed E-state index contributed by atoms with van der Waals surface area (Å²) in [6.45, 7) is 5.92. The molecular weight excluding hydrogens is 220 g/mol. The van der Waals surface area contributed by atoms with Crippen molar-refractivity contribution in [2.24, 2.45) is 0 Å². The number of aryl methyl sites for hydroxylation is 1. The molecule has 18 heavy (non-hydrogen) atoms. The molecule has 1 heterocycles. The van der Waals surface area contributed by atoms with Crippen molar-refractivity contribution < 1.29 is 0 Å². The van der Waals surface area contributed by atoms with Crippen molar-refractivity contribution >= 4 is 0 Å². The number of hydrogen-bond donors (Lipinski definition) is 1. The molecule has 2 unspecified atom stereocenters. The number of nitrogens with one attached hydrogen (secondary N) is 1. The highest BCUT2D eigenvalue weighted by Crippen LogP contribution is 2.37. The van der Waals surface area contributed by atoms with Crippen LogP contribution in [0.25, 0.3) is 0 Å². The summed E-state index contributed by atoms with van der Waals surface area (Å²) in [5, 5.41) is 3.52. The summed E-state index contributed by atoms with van der Waals surface area (Å²) in [5.41, 5.74) is 3.17. The Labute approximate surface area is 110 Å². The second-order valence-electron chi connectivity index (χ2n) is 5.64. The van der Waals surface area contributed by atoms with E-state index in [0.29, 0.717) is 6.04 Å². The van der Waals surface area contributed by atoms with Gasteiger partial charge in [-0.25, -0.2) is 0 Å². The fourth-order valence-corrected chi connectivity index (χ4v) is 3.65. The molecule has 0 amide bonds. The largest absolute Gasteiger partial charge is 0.315 e. The number of benzene rings is 1. The first kappa shape index (κ1) is 12.2. The van der Waals surface area contributed by atoms with E-state index in [0.717, 1.165) is 6.04 Å². The molecule has 0 aromatic heterocycles. The molecule has 0 saturated carbocycles.